The third-order valence-corrected chi connectivity index (χ3v) is 5.64. The van der Waals surface area contributed by atoms with Gasteiger partial charge >= 0.3 is 0 Å². The van der Waals surface area contributed by atoms with Crippen molar-refractivity contribution in [3.63, 3.8) is 0 Å². The maximum absolute atomic E-state index is 12.7. The molecule has 1 aliphatic heterocycles. The second kappa shape index (κ2) is 6.93. The number of carbonyl (C=O) groups excluding carboxylic acids is 1. The number of aryl methyl sites for hydroxylation is 1. The highest BCUT2D eigenvalue weighted by Crippen LogP contribution is 2.27. The summed E-state index contributed by atoms with van der Waals surface area (Å²) in [5.74, 6) is 0.220. The smallest absolute Gasteiger partial charge is 0.235 e. The van der Waals surface area contributed by atoms with Gasteiger partial charge in [0.25, 0.3) is 0 Å². The molecule has 2 heterocycles. The maximum atomic E-state index is 12.7. The molecule has 3 rings (SSSR count). The van der Waals surface area contributed by atoms with Crippen LogP contribution in [0.25, 0.3) is 11.0 Å². The summed E-state index contributed by atoms with van der Waals surface area (Å²) in [5.41, 5.74) is 2.08. The number of amides is 1. The van der Waals surface area contributed by atoms with Gasteiger partial charge in [0.15, 0.2) is 5.16 Å². The highest BCUT2D eigenvalue weighted by Gasteiger charge is 2.26. The Bertz CT molecular complexity index is 691. The number of rotatable bonds is 4. The topological polar surface area (TPSA) is 41.4 Å². The minimum absolute atomic E-state index is 0.112. The molecule has 0 N–H and O–H groups in total. The largest absolute Gasteiger partial charge is 0.339 e. The van der Waals surface area contributed by atoms with Gasteiger partial charge in [-0.05, 0) is 25.6 Å². The van der Waals surface area contributed by atoms with Gasteiger partial charge in [-0.1, -0.05) is 30.8 Å². The Morgan fingerprint density at radius 2 is 1.96 bits per heavy atom. The molecule has 5 nitrogen and oxygen atoms in total. The molecule has 23 heavy (non-hydrogen) atoms. The van der Waals surface area contributed by atoms with Gasteiger partial charge in [0.05, 0.1) is 16.3 Å². The molecule has 6 heteroatoms. The molecule has 1 amide bonds. The SMILES string of the molecule is CCN1CCN(C(=O)[C@@H](C)Sc2nc3ccccc3n2C)CC1. The Labute approximate surface area is 141 Å². The monoisotopic (exact) mass is 332 g/mol. The van der Waals surface area contributed by atoms with Gasteiger partial charge < -0.3 is 14.4 Å². The van der Waals surface area contributed by atoms with E-state index in [9.17, 15) is 4.79 Å². The van der Waals surface area contributed by atoms with Crippen LogP contribution >= 0.6 is 11.8 Å². The molecular weight excluding hydrogens is 308 g/mol. The number of hydrogen-bond donors (Lipinski definition) is 0. The molecule has 0 radical (unpaired) electrons. The molecular formula is C17H24N4OS. The summed E-state index contributed by atoms with van der Waals surface area (Å²) >= 11 is 1.55. The Morgan fingerprint density at radius 3 is 2.61 bits per heavy atom. The maximum Gasteiger partial charge on any atom is 0.235 e. The Kier molecular flexibility index (Phi) is 4.92. The fourth-order valence-electron chi connectivity index (χ4n) is 2.98. The number of thioether (sulfide) groups is 1. The van der Waals surface area contributed by atoms with Gasteiger partial charge in [-0.2, -0.15) is 0 Å². The lowest BCUT2D eigenvalue weighted by Crippen LogP contribution is -2.50. The van der Waals surface area contributed by atoms with E-state index < -0.39 is 0 Å². The number of hydrogen-bond acceptors (Lipinski definition) is 4. The number of para-hydroxylation sites is 2. The van der Waals surface area contributed by atoms with E-state index in [1.807, 2.05) is 37.1 Å². The van der Waals surface area contributed by atoms with Gasteiger partial charge in [0, 0.05) is 33.2 Å². The quantitative estimate of drug-likeness (QED) is 0.805. The summed E-state index contributed by atoms with van der Waals surface area (Å²) in [7, 11) is 2.01. The fraction of sp³-hybridized carbons (Fsp3) is 0.529. The fourth-order valence-corrected chi connectivity index (χ4v) is 3.95. The van der Waals surface area contributed by atoms with E-state index in [2.05, 4.69) is 27.4 Å². The molecule has 1 saturated heterocycles. The number of aromatic nitrogens is 2. The summed E-state index contributed by atoms with van der Waals surface area (Å²) in [5, 5.41) is 0.790. The molecule has 1 atom stereocenters. The van der Waals surface area contributed by atoms with Crippen molar-refractivity contribution in [3.05, 3.63) is 24.3 Å². The number of fused-ring (bicyclic) bond motifs is 1. The molecule has 1 aliphatic rings. The zero-order valence-electron chi connectivity index (χ0n) is 14.0. The van der Waals surface area contributed by atoms with Crippen molar-refractivity contribution in [2.45, 2.75) is 24.3 Å². The van der Waals surface area contributed by atoms with Gasteiger partial charge in [-0.3, -0.25) is 4.79 Å². The molecule has 2 aromatic rings. The Balaban J connectivity index is 1.67. The van der Waals surface area contributed by atoms with Crippen LogP contribution < -0.4 is 0 Å². The summed E-state index contributed by atoms with van der Waals surface area (Å²) < 4.78 is 2.07. The highest BCUT2D eigenvalue weighted by molar-refractivity contribution is 8.00. The number of carbonyl (C=O) groups is 1. The lowest BCUT2D eigenvalue weighted by molar-refractivity contribution is -0.132. The number of benzene rings is 1. The standard InChI is InChI=1S/C17H24N4OS/c1-4-20-9-11-21(12-10-20)16(22)13(2)23-17-18-14-7-5-6-8-15(14)19(17)3/h5-8,13H,4,9-12H2,1-3H3/t13-/m1/s1. The highest BCUT2D eigenvalue weighted by atomic mass is 32.2. The Hall–Kier alpha value is -1.53. The van der Waals surface area contributed by atoms with Gasteiger partial charge in [0.2, 0.25) is 5.91 Å². The van der Waals surface area contributed by atoms with Crippen LogP contribution in [0, 0.1) is 0 Å². The van der Waals surface area contributed by atoms with Gasteiger partial charge in [-0.15, -0.1) is 0 Å². The van der Waals surface area contributed by atoms with E-state index in [1.54, 1.807) is 11.8 Å². The van der Waals surface area contributed by atoms with Crippen LogP contribution in [0.15, 0.2) is 29.4 Å². The predicted molar refractivity (Wildman–Crippen MR) is 94.7 cm³/mol. The normalized spacial score (nSPS) is 17.6. The molecule has 0 unspecified atom stereocenters. The summed E-state index contributed by atoms with van der Waals surface area (Å²) in [6, 6.07) is 8.07. The lowest BCUT2D eigenvalue weighted by atomic mass is 10.3. The Morgan fingerprint density at radius 1 is 1.26 bits per heavy atom. The number of piperazine rings is 1. The van der Waals surface area contributed by atoms with E-state index >= 15 is 0 Å². The van der Waals surface area contributed by atoms with Crippen LogP contribution in [-0.4, -0.2) is 63.2 Å². The zero-order chi connectivity index (χ0) is 16.4. The molecule has 0 saturated carbocycles. The average molecular weight is 332 g/mol. The summed E-state index contributed by atoms with van der Waals surface area (Å²) in [6.07, 6.45) is 0. The van der Waals surface area contributed by atoms with Crippen LogP contribution in [0.3, 0.4) is 0 Å². The van der Waals surface area contributed by atoms with Crippen molar-refractivity contribution in [3.8, 4) is 0 Å². The molecule has 1 aromatic carbocycles. The van der Waals surface area contributed by atoms with Crippen molar-refractivity contribution in [1.82, 2.24) is 19.4 Å². The first-order valence-electron chi connectivity index (χ1n) is 8.19. The molecule has 124 valence electrons. The first-order chi connectivity index (χ1) is 11.1. The minimum atomic E-state index is -0.112. The van der Waals surface area contributed by atoms with Gasteiger partial charge in [0.1, 0.15) is 0 Å². The van der Waals surface area contributed by atoms with E-state index in [0.29, 0.717) is 0 Å². The van der Waals surface area contributed by atoms with Crippen molar-refractivity contribution >= 4 is 28.7 Å². The van der Waals surface area contributed by atoms with E-state index in [0.717, 1.165) is 48.9 Å². The van der Waals surface area contributed by atoms with Crippen molar-refractivity contribution < 1.29 is 4.79 Å². The number of nitrogens with zero attached hydrogens (tertiary/aromatic N) is 4. The van der Waals surface area contributed by atoms with Crippen molar-refractivity contribution in [2.24, 2.45) is 7.05 Å². The van der Waals surface area contributed by atoms with Crippen LogP contribution in [0.5, 0.6) is 0 Å². The molecule has 1 fully saturated rings. The van der Waals surface area contributed by atoms with Crippen molar-refractivity contribution in [2.75, 3.05) is 32.7 Å². The average Bonchev–Trinajstić information content (AvgIpc) is 2.90. The second-order valence-corrected chi connectivity index (χ2v) is 7.27. The van der Waals surface area contributed by atoms with Crippen LogP contribution in [0.1, 0.15) is 13.8 Å². The van der Waals surface area contributed by atoms with Gasteiger partial charge in [-0.25, -0.2) is 4.98 Å². The first-order valence-corrected chi connectivity index (χ1v) is 9.07. The predicted octanol–water partition coefficient (Wildman–Crippen LogP) is 2.22. The van der Waals surface area contributed by atoms with Crippen LogP contribution in [0.2, 0.25) is 0 Å². The van der Waals surface area contributed by atoms with Crippen LogP contribution in [-0.2, 0) is 11.8 Å². The molecule has 0 spiro atoms. The lowest BCUT2D eigenvalue weighted by Gasteiger charge is -2.35. The first kappa shape index (κ1) is 16.3. The minimum Gasteiger partial charge on any atom is -0.339 e. The third-order valence-electron chi connectivity index (χ3n) is 4.51. The summed E-state index contributed by atoms with van der Waals surface area (Å²) in [4.78, 5) is 21.7. The molecule has 0 aliphatic carbocycles. The van der Waals surface area contributed by atoms with Crippen LogP contribution in [0.4, 0.5) is 0 Å². The molecule has 0 bridgehead atoms. The molecule has 1 aromatic heterocycles. The number of imidazole rings is 1. The third kappa shape index (κ3) is 3.38. The zero-order valence-corrected chi connectivity index (χ0v) is 14.8. The van der Waals surface area contributed by atoms with E-state index in [1.165, 1.54) is 0 Å². The second-order valence-electron chi connectivity index (χ2n) is 5.96. The van der Waals surface area contributed by atoms with Crippen molar-refractivity contribution in [1.29, 1.82) is 0 Å². The summed E-state index contributed by atoms with van der Waals surface area (Å²) in [6.45, 7) is 8.84. The number of likely N-dealkylation sites (N-methyl/N-ethyl adjacent to an activating group) is 1. The van der Waals surface area contributed by atoms with E-state index in [-0.39, 0.29) is 11.2 Å². The van der Waals surface area contributed by atoms with E-state index in [4.69, 9.17) is 0 Å².